The Bertz CT molecular complexity index is 986. The highest BCUT2D eigenvalue weighted by atomic mass is 32.2. The van der Waals surface area contributed by atoms with Crippen LogP contribution in [-0.2, 0) is 19.9 Å². The molecule has 6 nitrogen and oxygen atoms in total. The van der Waals surface area contributed by atoms with Crippen molar-refractivity contribution in [2.75, 3.05) is 0 Å². The van der Waals surface area contributed by atoms with Crippen LogP contribution in [0, 0.1) is 18.3 Å². The minimum atomic E-state index is 0.577. The van der Waals surface area contributed by atoms with Crippen molar-refractivity contribution < 1.29 is 0 Å². The highest BCUT2D eigenvalue weighted by Crippen LogP contribution is 2.31. The molecule has 0 aliphatic heterocycles. The van der Waals surface area contributed by atoms with Gasteiger partial charge in [0.1, 0.15) is 11.1 Å². The minimum absolute atomic E-state index is 0.577. The van der Waals surface area contributed by atoms with E-state index in [1.807, 2.05) is 50.6 Å². The predicted octanol–water partition coefficient (Wildman–Crippen LogP) is 3.73. The third-order valence-electron chi connectivity index (χ3n) is 4.22. The zero-order valence-electron chi connectivity index (χ0n) is 15.3. The molecule has 3 rings (SSSR count). The van der Waals surface area contributed by atoms with Crippen LogP contribution in [-0.4, -0.2) is 25.0 Å². The Morgan fingerprint density at radius 1 is 1.12 bits per heavy atom. The number of hydrogen-bond acceptors (Lipinski definition) is 6. The lowest BCUT2D eigenvalue weighted by atomic mass is 10.1. The second-order valence-corrected chi connectivity index (χ2v) is 6.92. The molecule has 0 unspecified atom stereocenters. The molecule has 26 heavy (non-hydrogen) atoms. The Balaban J connectivity index is 2.00. The van der Waals surface area contributed by atoms with Crippen LogP contribution in [0.15, 0.2) is 34.4 Å². The smallest absolute Gasteiger partial charge is 0.197 e. The quantitative estimate of drug-likeness (QED) is 0.686. The average molecular weight is 364 g/mol. The van der Waals surface area contributed by atoms with E-state index in [0.29, 0.717) is 15.7 Å². The fraction of sp³-hybridized carbons (Fsp3) is 0.316. The largest absolute Gasteiger partial charge is 0.305 e. The standard InChI is InChI=1S/C19H20N6S/c1-5-14-15(11-20)18(23-21-16(14)6-2)26-19-24-22-17(25(19)4)13-9-7-8-12(3)10-13/h7-10H,5-6H2,1-4H3. The maximum atomic E-state index is 9.64. The number of aryl methyl sites for hydroxylation is 2. The van der Waals surface area contributed by atoms with Crippen LogP contribution in [0.4, 0.5) is 0 Å². The van der Waals surface area contributed by atoms with Gasteiger partial charge in [-0.25, -0.2) is 0 Å². The molecule has 0 saturated heterocycles. The Labute approximate surface area is 157 Å². The summed E-state index contributed by atoms with van der Waals surface area (Å²) in [5.74, 6) is 0.781. The van der Waals surface area contributed by atoms with Gasteiger partial charge in [-0.1, -0.05) is 37.6 Å². The number of benzene rings is 1. The summed E-state index contributed by atoms with van der Waals surface area (Å²) in [6.07, 6.45) is 1.51. The lowest BCUT2D eigenvalue weighted by Crippen LogP contribution is -2.05. The highest BCUT2D eigenvalue weighted by Gasteiger charge is 2.19. The number of nitrogens with zero attached hydrogens (tertiary/aromatic N) is 6. The monoisotopic (exact) mass is 364 g/mol. The first-order valence-corrected chi connectivity index (χ1v) is 9.33. The summed E-state index contributed by atoms with van der Waals surface area (Å²) in [5, 5.41) is 28.1. The van der Waals surface area contributed by atoms with Crippen molar-refractivity contribution in [3.63, 3.8) is 0 Å². The predicted molar refractivity (Wildman–Crippen MR) is 101 cm³/mol. The van der Waals surface area contributed by atoms with Crippen molar-refractivity contribution in [1.29, 1.82) is 5.26 Å². The number of rotatable bonds is 5. The topological polar surface area (TPSA) is 80.3 Å². The number of hydrogen-bond donors (Lipinski definition) is 0. The first kappa shape index (κ1) is 18.1. The summed E-state index contributed by atoms with van der Waals surface area (Å²) >= 11 is 1.33. The Kier molecular flexibility index (Phi) is 5.33. The summed E-state index contributed by atoms with van der Waals surface area (Å²) in [7, 11) is 1.92. The van der Waals surface area contributed by atoms with Crippen LogP contribution < -0.4 is 0 Å². The third kappa shape index (κ3) is 3.33. The fourth-order valence-electron chi connectivity index (χ4n) is 2.87. The SMILES string of the molecule is CCc1nnc(Sc2nnc(-c3cccc(C)c3)n2C)c(C#N)c1CC. The lowest BCUT2D eigenvalue weighted by molar-refractivity contribution is 0.781. The van der Waals surface area contributed by atoms with Gasteiger partial charge in [-0.05, 0) is 43.2 Å². The van der Waals surface area contributed by atoms with Crippen LogP contribution in [0.2, 0.25) is 0 Å². The van der Waals surface area contributed by atoms with Gasteiger partial charge in [0.2, 0.25) is 0 Å². The molecule has 0 fully saturated rings. The van der Waals surface area contributed by atoms with Gasteiger partial charge in [-0.2, -0.15) is 10.4 Å². The van der Waals surface area contributed by atoms with E-state index in [1.54, 1.807) is 0 Å². The Morgan fingerprint density at radius 2 is 1.92 bits per heavy atom. The number of aromatic nitrogens is 5. The molecule has 0 amide bonds. The van der Waals surface area contributed by atoms with Crippen molar-refractivity contribution >= 4 is 11.8 Å². The molecule has 2 heterocycles. The molecular formula is C19H20N6S. The number of nitriles is 1. The van der Waals surface area contributed by atoms with E-state index in [9.17, 15) is 5.26 Å². The molecular weight excluding hydrogens is 344 g/mol. The summed E-state index contributed by atoms with van der Waals surface area (Å²) in [6, 6.07) is 10.4. The van der Waals surface area contributed by atoms with E-state index in [4.69, 9.17) is 0 Å². The molecule has 0 spiro atoms. The zero-order valence-corrected chi connectivity index (χ0v) is 16.1. The molecule has 0 bridgehead atoms. The third-order valence-corrected chi connectivity index (χ3v) is 5.24. The maximum Gasteiger partial charge on any atom is 0.197 e. The van der Waals surface area contributed by atoms with Crippen LogP contribution in [0.3, 0.4) is 0 Å². The van der Waals surface area contributed by atoms with Gasteiger partial charge in [0, 0.05) is 12.6 Å². The van der Waals surface area contributed by atoms with E-state index in [0.717, 1.165) is 35.5 Å². The van der Waals surface area contributed by atoms with Crippen LogP contribution in [0.5, 0.6) is 0 Å². The zero-order chi connectivity index (χ0) is 18.7. The molecule has 3 aromatic rings. The fourth-order valence-corrected chi connectivity index (χ4v) is 3.70. The molecule has 0 radical (unpaired) electrons. The van der Waals surface area contributed by atoms with Gasteiger partial charge in [-0.15, -0.1) is 15.3 Å². The summed E-state index contributed by atoms with van der Waals surface area (Å²) in [5.41, 5.74) is 4.61. The summed E-state index contributed by atoms with van der Waals surface area (Å²) in [6.45, 7) is 6.10. The molecule has 1 aromatic carbocycles. The van der Waals surface area contributed by atoms with Crippen LogP contribution in [0.1, 0.15) is 36.2 Å². The molecule has 0 N–H and O–H groups in total. The van der Waals surface area contributed by atoms with Gasteiger partial charge < -0.3 is 4.57 Å². The van der Waals surface area contributed by atoms with E-state index in [2.05, 4.69) is 32.5 Å². The normalized spacial score (nSPS) is 10.7. The summed E-state index contributed by atoms with van der Waals surface area (Å²) in [4.78, 5) is 0. The second kappa shape index (κ2) is 7.67. The van der Waals surface area contributed by atoms with Crippen molar-refractivity contribution in [1.82, 2.24) is 25.0 Å². The molecule has 132 valence electrons. The molecule has 0 aliphatic carbocycles. The van der Waals surface area contributed by atoms with Gasteiger partial charge in [0.05, 0.1) is 11.3 Å². The molecule has 2 aromatic heterocycles. The van der Waals surface area contributed by atoms with E-state index in [1.165, 1.54) is 17.3 Å². The summed E-state index contributed by atoms with van der Waals surface area (Å²) < 4.78 is 1.92. The van der Waals surface area contributed by atoms with Crippen molar-refractivity contribution in [2.45, 2.75) is 43.8 Å². The lowest BCUT2D eigenvalue weighted by Gasteiger charge is -2.09. The first-order valence-electron chi connectivity index (χ1n) is 8.51. The molecule has 0 saturated carbocycles. The van der Waals surface area contributed by atoms with Crippen molar-refractivity contribution in [2.24, 2.45) is 7.05 Å². The van der Waals surface area contributed by atoms with E-state index >= 15 is 0 Å². The van der Waals surface area contributed by atoms with Gasteiger partial charge in [0.25, 0.3) is 0 Å². The highest BCUT2D eigenvalue weighted by molar-refractivity contribution is 7.99. The molecule has 0 aliphatic rings. The first-order chi connectivity index (χ1) is 12.6. The van der Waals surface area contributed by atoms with Crippen molar-refractivity contribution in [3.05, 3.63) is 46.6 Å². The molecule has 0 atom stereocenters. The van der Waals surface area contributed by atoms with Crippen LogP contribution in [0.25, 0.3) is 11.4 Å². The second-order valence-electron chi connectivity index (χ2n) is 5.96. The maximum absolute atomic E-state index is 9.64. The van der Waals surface area contributed by atoms with E-state index < -0.39 is 0 Å². The Morgan fingerprint density at radius 3 is 2.58 bits per heavy atom. The van der Waals surface area contributed by atoms with Crippen LogP contribution >= 0.6 is 11.8 Å². The van der Waals surface area contributed by atoms with Gasteiger partial charge in [-0.3, -0.25) is 0 Å². The Hall–Kier alpha value is -2.72. The van der Waals surface area contributed by atoms with Gasteiger partial charge in [0.15, 0.2) is 11.0 Å². The minimum Gasteiger partial charge on any atom is -0.305 e. The molecule has 7 heteroatoms. The van der Waals surface area contributed by atoms with Gasteiger partial charge >= 0.3 is 0 Å². The average Bonchev–Trinajstić information content (AvgIpc) is 3.01. The van der Waals surface area contributed by atoms with E-state index in [-0.39, 0.29) is 0 Å². The van der Waals surface area contributed by atoms with Crippen molar-refractivity contribution in [3.8, 4) is 17.5 Å².